The SMILES string of the molecule is CCCCCCCCCCCCCCCC(=O)CC[NH2+]C(C)C(O)c1ccccc1.[Cl-]. The van der Waals surface area contributed by atoms with Crippen LogP contribution >= 0.6 is 0 Å². The van der Waals surface area contributed by atoms with Gasteiger partial charge < -0.3 is 22.8 Å². The average molecular weight is 454 g/mol. The molecule has 3 N–H and O–H groups in total. The monoisotopic (exact) mass is 453 g/mol. The van der Waals surface area contributed by atoms with Crippen molar-refractivity contribution in [2.45, 2.75) is 122 Å². The van der Waals surface area contributed by atoms with Crippen LogP contribution < -0.4 is 17.7 Å². The molecule has 0 amide bonds. The van der Waals surface area contributed by atoms with E-state index in [9.17, 15) is 9.90 Å². The first-order valence-corrected chi connectivity index (χ1v) is 12.7. The van der Waals surface area contributed by atoms with Gasteiger partial charge in [0, 0.05) is 6.42 Å². The summed E-state index contributed by atoms with van der Waals surface area (Å²) in [5.74, 6) is 0.371. The number of rotatable bonds is 20. The lowest BCUT2D eigenvalue weighted by atomic mass is 10.0. The quantitative estimate of drug-likeness (QED) is 0.298. The lowest BCUT2D eigenvalue weighted by Gasteiger charge is -2.17. The predicted molar refractivity (Wildman–Crippen MR) is 128 cm³/mol. The lowest BCUT2D eigenvalue weighted by molar-refractivity contribution is -0.693. The maximum absolute atomic E-state index is 12.1. The number of benzene rings is 1. The van der Waals surface area contributed by atoms with Crippen LogP contribution in [0.3, 0.4) is 0 Å². The lowest BCUT2D eigenvalue weighted by Crippen LogP contribution is -3.00. The van der Waals surface area contributed by atoms with Crippen molar-refractivity contribution in [3.05, 3.63) is 35.9 Å². The second-order valence-electron chi connectivity index (χ2n) is 9.02. The van der Waals surface area contributed by atoms with Crippen LogP contribution in [-0.2, 0) is 4.79 Å². The van der Waals surface area contributed by atoms with E-state index in [4.69, 9.17) is 0 Å². The number of Topliss-reactive ketones (excluding diaryl/α,β-unsaturated/α-hetero) is 1. The molecule has 0 heterocycles. The molecule has 0 aliphatic carbocycles. The maximum Gasteiger partial charge on any atom is 0.138 e. The van der Waals surface area contributed by atoms with E-state index in [0.29, 0.717) is 12.2 Å². The number of carbonyl (C=O) groups excluding carboxylic acids is 1. The Bertz CT molecular complexity index is 523. The highest BCUT2D eigenvalue weighted by Crippen LogP contribution is 2.14. The minimum absolute atomic E-state index is 0. The number of quaternary nitrogens is 1. The van der Waals surface area contributed by atoms with Crippen LogP contribution in [0.15, 0.2) is 30.3 Å². The fraction of sp³-hybridized carbons (Fsp3) is 0.741. The van der Waals surface area contributed by atoms with E-state index in [-0.39, 0.29) is 18.4 Å². The Balaban J connectivity index is 0.00000900. The molecular weight excluding hydrogens is 406 g/mol. The van der Waals surface area contributed by atoms with Crippen molar-refractivity contribution in [2.24, 2.45) is 0 Å². The molecule has 0 spiro atoms. The van der Waals surface area contributed by atoms with E-state index in [1.165, 1.54) is 77.0 Å². The van der Waals surface area contributed by atoms with Crippen LogP contribution in [0.2, 0.25) is 0 Å². The molecule has 3 nitrogen and oxygen atoms in total. The minimum Gasteiger partial charge on any atom is -1.00 e. The highest BCUT2D eigenvalue weighted by Gasteiger charge is 2.18. The summed E-state index contributed by atoms with van der Waals surface area (Å²) in [5.41, 5.74) is 0.944. The van der Waals surface area contributed by atoms with E-state index < -0.39 is 6.10 Å². The smallest absolute Gasteiger partial charge is 0.138 e. The molecule has 2 atom stereocenters. The number of aliphatic hydroxyl groups is 1. The van der Waals surface area contributed by atoms with Crippen molar-refractivity contribution >= 4 is 5.78 Å². The Morgan fingerprint density at radius 3 is 1.81 bits per heavy atom. The summed E-state index contributed by atoms with van der Waals surface area (Å²) in [7, 11) is 0. The molecule has 180 valence electrons. The third-order valence-corrected chi connectivity index (χ3v) is 6.16. The number of halogens is 1. The summed E-state index contributed by atoms with van der Waals surface area (Å²) >= 11 is 0. The van der Waals surface area contributed by atoms with E-state index in [1.807, 2.05) is 37.3 Å². The van der Waals surface area contributed by atoms with Crippen LogP contribution in [0.1, 0.15) is 122 Å². The minimum atomic E-state index is -0.484. The topological polar surface area (TPSA) is 53.9 Å². The molecule has 4 heteroatoms. The first kappa shape index (κ1) is 30.1. The summed E-state index contributed by atoms with van der Waals surface area (Å²) in [4.78, 5) is 12.1. The van der Waals surface area contributed by atoms with Crippen LogP contribution in [0.5, 0.6) is 0 Å². The molecule has 0 radical (unpaired) electrons. The fourth-order valence-electron chi connectivity index (χ4n) is 4.05. The fourth-order valence-corrected chi connectivity index (χ4v) is 4.05. The highest BCUT2D eigenvalue weighted by molar-refractivity contribution is 5.78. The van der Waals surface area contributed by atoms with Crippen molar-refractivity contribution in [1.82, 2.24) is 0 Å². The summed E-state index contributed by atoms with van der Waals surface area (Å²) in [6.45, 7) is 5.06. The van der Waals surface area contributed by atoms with Gasteiger partial charge in [0.25, 0.3) is 0 Å². The van der Waals surface area contributed by atoms with Gasteiger partial charge >= 0.3 is 0 Å². The molecule has 0 aromatic heterocycles. The largest absolute Gasteiger partial charge is 1.00 e. The second-order valence-corrected chi connectivity index (χ2v) is 9.02. The third-order valence-electron chi connectivity index (χ3n) is 6.16. The number of carbonyl (C=O) groups is 1. The zero-order valence-electron chi connectivity index (χ0n) is 20.2. The zero-order valence-corrected chi connectivity index (χ0v) is 20.9. The Morgan fingerprint density at radius 2 is 1.29 bits per heavy atom. The van der Waals surface area contributed by atoms with Gasteiger partial charge in [0.2, 0.25) is 0 Å². The maximum atomic E-state index is 12.1. The molecule has 0 aliphatic rings. The second kappa shape index (κ2) is 21.0. The Labute approximate surface area is 198 Å². The van der Waals surface area contributed by atoms with Gasteiger partial charge in [-0.05, 0) is 18.9 Å². The number of unbranched alkanes of at least 4 members (excludes halogenated alkanes) is 12. The van der Waals surface area contributed by atoms with Crippen LogP contribution in [0.25, 0.3) is 0 Å². The van der Waals surface area contributed by atoms with Gasteiger partial charge in [-0.15, -0.1) is 0 Å². The van der Waals surface area contributed by atoms with Crippen molar-refractivity contribution < 1.29 is 27.6 Å². The molecule has 0 saturated heterocycles. The summed E-state index contributed by atoms with van der Waals surface area (Å²) in [5, 5.41) is 12.5. The first-order chi connectivity index (χ1) is 14.6. The van der Waals surface area contributed by atoms with Crippen LogP contribution in [-0.4, -0.2) is 23.5 Å². The number of hydrogen-bond acceptors (Lipinski definition) is 2. The number of nitrogens with two attached hydrogens (primary N) is 1. The van der Waals surface area contributed by atoms with Gasteiger partial charge in [-0.1, -0.05) is 114 Å². The molecule has 0 saturated carbocycles. The molecule has 1 rings (SSSR count). The van der Waals surface area contributed by atoms with E-state index in [1.54, 1.807) is 0 Å². The summed E-state index contributed by atoms with van der Waals surface area (Å²) < 4.78 is 0. The summed E-state index contributed by atoms with van der Waals surface area (Å²) in [6, 6.07) is 9.83. The standard InChI is InChI=1S/C27H47NO2.ClH/c1-3-4-5-6-7-8-9-10-11-12-13-14-18-21-26(29)22-23-28-24(2)27(30)25-19-16-15-17-20-25;/h15-17,19-20,24,27-28,30H,3-14,18,21-23H2,1-2H3;1H. The van der Waals surface area contributed by atoms with Gasteiger partial charge in [-0.2, -0.15) is 0 Å². The molecule has 31 heavy (non-hydrogen) atoms. The molecule has 0 bridgehead atoms. The van der Waals surface area contributed by atoms with E-state index in [0.717, 1.165) is 24.9 Å². The Kier molecular flexibility index (Phi) is 20.4. The average Bonchev–Trinajstić information content (AvgIpc) is 2.77. The number of hydrogen-bond donors (Lipinski definition) is 2. The molecule has 2 unspecified atom stereocenters. The van der Waals surface area contributed by atoms with Gasteiger partial charge in [-0.25, -0.2) is 0 Å². The predicted octanol–water partition coefficient (Wildman–Crippen LogP) is 3.12. The van der Waals surface area contributed by atoms with Crippen LogP contribution in [0, 0.1) is 0 Å². The Hall–Kier alpha value is -0.900. The first-order valence-electron chi connectivity index (χ1n) is 12.7. The molecule has 0 fully saturated rings. The highest BCUT2D eigenvalue weighted by atomic mass is 35.5. The van der Waals surface area contributed by atoms with Crippen molar-refractivity contribution in [2.75, 3.05) is 6.54 Å². The van der Waals surface area contributed by atoms with Crippen molar-refractivity contribution in [3.8, 4) is 0 Å². The summed E-state index contributed by atoms with van der Waals surface area (Å²) in [6.07, 6.45) is 18.2. The van der Waals surface area contributed by atoms with Gasteiger partial charge in [0.15, 0.2) is 0 Å². The molecule has 1 aromatic carbocycles. The molecular formula is C27H48ClNO2. The van der Waals surface area contributed by atoms with Gasteiger partial charge in [-0.3, -0.25) is 4.79 Å². The molecule has 1 aromatic rings. The van der Waals surface area contributed by atoms with E-state index >= 15 is 0 Å². The number of aliphatic hydroxyl groups excluding tert-OH is 1. The van der Waals surface area contributed by atoms with Gasteiger partial charge in [0.05, 0.1) is 13.0 Å². The van der Waals surface area contributed by atoms with Crippen molar-refractivity contribution in [1.29, 1.82) is 0 Å². The third kappa shape index (κ3) is 16.4. The Morgan fingerprint density at radius 1 is 0.806 bits per heavy atom. The zero-order chi connectivity index (χ0) is 21.9. The normalized spacial score (nSPS) is 12.9. The van der Waals surface area contributed by atoms with E-state index in [2.05, 4.69) is 12.2 Å². The van der Waals surface area contributed by atoms with Crippen LogP contribution in [0.4, 0.5) is 0 Å². The number of ketones is 1. The van der Waals surface area contributed by atoms with Crippen molar-refractivity contribution in [3.63, 3.8) is 0 Å². The molecule has 0 aliphatic heterocycles. The van der Waals surface area contributed by atoms with Gasteiger partial charge in [0.1, 0.15) is 17.9 Å².